The van der Waals surface area contributed by atoms with E-state index in [0.29, 0.717) is 0 Å². The molecule has 9 aromatic rings. The molecule has 1 heterocycles. The van der Waals surface area contributed by atoms with Crippen LogP contribution in [0.5, 0.6) is 0 Å². The first-order chi connectivity index (χ1) is 27.7. The molecule has 0 atom stereocenters. The summed E-state index contributed by atoms with van der Waals surface area (Å²) in [6, 6.07) is 71.8. The monoisotopic (exact) mass is 718 g/mol. The maximum Gasteiger partial charge on any atom is 0.0541 e. The van der Waals surface area contributed by atoms with Gasteiger partial charge in [0.25, 0.3) is 0 Å². The summed E-state index contributed by atoms with van der Waals surface area (Å²) in [6.07, 6.45) is 6.31. The second kappa shape index (κ2) is 13.3. The first-order valence-corrected chi connectivity index (χ1v) is 20.1. The normalized spacial score (nSPS) is 14.2. The van der Waals surface area contributed by atoms with Crippen LogP contribution >= 0.6 is 0 Å². The van der Waals surface area contributed by atoms with Gasteiger partial charge in [0.1, 0.15) is 0 Å². The Bertz CT molecular complexity index is 2810. The van der Waals surface area contributed by atoms with Crippen molar-refractivity contribution in [2.24, 2.45) is 0 Å². The highest BCUT2D eigenvalue weighted by molar-refractivity contribution is 6.09. The number of hydrogen-bond acceptors (Lipinski definition) is 1. The number of fused-ring (bicyclic) bond motifs is 8. The fourth-order valence-electron chi connectivity index (χ4n) is 9.98. The summed E-state index contributed by atoms with van der Waals surface area (Å²) >= 11 is 0. The summed E-state index contributed by atoms with van der Waals surface area (Å²) in [5, 5.41) is 2.55. The number of rotatable bonds is 6. The van der Waals surface area contributed by atoms with Gasteiger partial charge in [0.2, 0.25) is 0 Å². The van der Waals surface area contributed by atoms with Crippen molar-refractivity contribution < 1.29 is 0 Å². The van der Waals surface area contributed by atoms with Gasteiger partial charge < -0.3 is 9.47 Å². The zero-order valence-electron chi connectivity index (χ0n) is 31.4. The van der Waals surface area contributed by atoms with Crippen molar-refractivity contribution >= 4 is 38.9 Å². The van der Waals surface area contributed by atoms with Crippen LogP contribution in [-0.2, 0) is 5.41 Å². The van der Waals surface area contributed by atoms with Crippen LogP contribution in [0.25, 0.3) is 60.9 Å². The Hall–Kier alpha value is -6.64. The van der Waals surface area contributed by atoms with Crippen molar-refractivity contribution in [3.05, 3.63) is 205 Å². The van der Waals surface area contributed by atoms with Gasteiger partial charge in [-0.1, -0.05) is 147 Å². The van der Waals surface area contributed by atoms with E-state index in [2.05, 4.69) is 204 Å². The van der Waals surface area contributed by atoms with E-state index in [4.69, 9.17) is 0 Å². The van der Waals surface area contributed by atoms with Crippen molar-refractivity contribution in [2.45, 2.75) is 37.5 Å². The van der Waals surface area contributed by atoms with Crippen LogP contribution in [-0.4, -0.2) is 4.57 Å². The van der Waals surface area contributed by atoms with E-state index in [9.17, 15) is 0 Å². The van der Waals surface area contributed by atoms with E-state index in [-0.39, 0.29) is 5.41 Å². The summed E-state index contributed by atoms with van der Waals surface area (Å²) in [5.74, 6) is 0. The number of anilines is 3. The largest absolute Gasteiger partial charge is 0.310 e. The maximum absolute atomic E-state index is 2.48. The third-order valence-corrected chi connectivity index (χ3v) is 12.6. The molecule has 2 aliphatic carbocycles. The quantitative estimate of drug-likeness (QED) is 0.166. The molecule has 56 heavy (non-hydrogen) atoms. The van der Waals surface area contributed by atoms with E-state index in [1.165, 1.54) is 104 Å². The van der Waals surface area contributed by atoms with Gasteiger partial charge in [0, 0.05) is 38.9 Å². The van der Waals surface area contributed by atoms with Crippen LogP contribution in [0.1, 0.15) is 43.2 Å². The van der Waals surface area contributed by atoms with Crippen molar-refractivity contribution in [3.8, 4) is 39.1 Å². The second-order valence-corrected chi connectivity index (χ2v) is 15.6. The molecule has 2 aliphatic rings. The van der Waals surface area contributed by atoms with Crippen LogP contribution in [0.2, 0.25) is 0 Å². The van der Waals surface area contributed by atoms with Crippen molar-refractivity contribution in [3.63, 3.8) is 0 Å². The van der Waals surface area contributed by atoms with E-state index in [0.717, 1.165) is 17.1 Å². The molecule has 268 valence electrons. The number of hydrogen-bond donors (Lipinski definition) is 0. The van der Waals surface area contributed by atoms with E-state index >= 15 is 0 Å². The lowest BCUT2D eigenvalue weighted by atomic mass is 9.68. The molecule has 1 spiro atoms. The SMILES string of the molecule is c1ccc(-c2ccc(N(c3ccc(-n4c5ccccc5c5ccccc54)cc3)c3ccc4c(c3)-c3cc(-c5ccccc5)ccc3C43CCCCC3)cc2)cc1. The zero-order valence-corrected chi connectivity index (χ0v) is 31.4. The van der Waals surface area contributed by atoms with Crippen LogP contribution < -0.4 is 4.90 Å². The first-order valence-electron chi connectivity index (χ1n) is 20.1. The minimum absolute atomic E-state index is 0.0861. The standard InChI is InChI=1S/C54H42N2/c1-4-14-38(15-5-1)40-22-25-42(26-23-40)55(43-27-29-44(30-28-43)56-52-20-10-8-18-46(52)47-19-9-11-21-53(47)56)45-31-33-51-49(37-45)48-36-41(39-16-6-2-7-17-39)24-32-50(48)54(51)34-12-3-13-35-54/h1-2,4-11,14-33,36-37H,3,12-13,34-35H2. The highest BCUT2D eigenvalue weighted by Crippen LogP contribution is 2.57. The zero-order chi connectivity index (χ0) is 37.1. The molecule has 1 aromatic heterocycles. The lowest BCUT2D eigenvalue weighted by Crippen LogP contribution is -2.28. The summed E-state index contributed by atoms with van der Waals surface area (Å²) in [6.45, 7) is 0. The van der Waals surface area contributed by atoms with Gasteiger partial charge in [-0.3, -0.25) is 0 Å². The van der Waals surface area contributed by atoms with Crippen LogP contribution in [0.4, 0.5) is 17.1 Å². The van der Waals surface area contributed by atoms with Gasteiger partial charge in [-0.05, 0) is 124 Å². The fourth-order valence-corrected chi connectivity index (χ4v) is 9.98. The Kier molecular flexibility index (Phi) is 7.77. The van der Waals surface area contributed by atoms with E-state index in [1.54, 1.807) is 0 Å². The summed E-state index contributed by atoms with van der Waals surface area (Å²) in [5.41, 5.74) is 17.9. The minimum Gasteiger partial charge on any atom is -0.310 e. The molecular formula is C54H42N2. The third-order valence-electron chi connectivity index (χ3n) is 12.6. The van der Waals surface area contributed by atoms with Crippen molar-refractivity contribution in [1.82, 2.24) is 4.57 Å². The third kappa shape index (κ3) is 5.24. The summed E-state index contributed by atoms with van der Waals surface area (Å²) < 4.78 is 2.40. The molecule has 0 aliphatic heterocycles. The topological polar surface area (TPSA) is 8.17 Å². The molecule has 2 heteroatoms. The Labute approximate surface area is 328 Å². The molecule has 1 fully saturated rings. The van der Waals surface area contributed by atoms with E-state index < -0.39 is 0 Å². The molecule has 2 nitrogen and oxygen atoms in total. The Balaban J connectivity index is 1.07. The van der Waals surface area contributed by atoms with Gasteiger partial charge >= 0.3 is 0 Å². The lowest BCUT2D eigenvalue weighted by Gasteiger charge is -2.36. The van der Waals surface area contributed by atoms with Gasteiger partial charge in [-0.25, -0.2) is 0 Å². The van der Waals surface area contributed by atoms with Crippen molar-refractivity contribution in [2.75, 3.05) is 4.90 Å². The molecule has 0 amide bonds. The molecule has 11 rings (SSSR count). The van der Waals surface area contributed by atoms with Gasteiger partial charge in [0.05, 0.1) is 11.0 Å². The second-order valence-electron chi connectivity index (χ2n) is 15.6. The predicted octanol–water partition coefficient (Wildman–Crippen LogP) is 14.8. The van der Waals surface area contributed by atoms with Crippen LogP contribution in [0.15, 0.2) is 194 Å². The molecule has 0 saturated heterocycles. The minimum atomic E-state index is 0.0861. The van der Waals surface area contributed by atoms with Gasteiger partial charge in [-0.2, -0.15) is 0 Å². The highest BCUT2D eigenvalue weighted by atomic mass is 15.1. The first kappa shape index (κ1) is 32.8. The van der Waals surface area contributed by atoms with Crippen molar-refractivity contribution in [1.29, 1.82) is 0 Å². The molecule has 0 unspecified atom stereocenters. The lowest BCUT2D eigenvalue weighted by molar-refractivity contribution is 0.353. The number of benzene rings is 8. The van der Waals surface area contributed by atoms with E-state index in [1.807, 2.05) is 0 Å². The predicted molar refractivity (Wildman–Crippen MR) is 236 cm³/mol. The molecule has 0 N–H and O–H groups in total. The summed E-state index contributed by atoms with van der Waals surface area (Å²) in [7, 11) is 0. The van der Waals surface area contributed by atoms with Crippen LogP contribution in [0.3, 0.4) is 0 Å². The van der Waals surface area contributed by atoms with Gasteiger partial charge in [-0.15, -0.1) is 0 Å². The molecule has 8 aromatic carbocycles. The Morgan fingerprint density at radius 2 is 0.839 bits per heavy atom. The number of para-hydroxylation sites is 2. The molecule has 1 saturated carbocycles. The van der Waals surface area contributed by atoms with Crippen LogP contribution in [0, 0.1) is 0 Å². The molecule has 0 bridgehead atoms. The number of nitrogens with zero attached hydrogens (tertiary/aromatic N) is 2. The molecule has 0 radical (unpaired) electrons. The number of aromatic nitrogens is 1. The average molecular weight is 719 g/mol. The highest BCUT2D eigenvalue weighted by Gasteiger charge is 2.44. The Morgan fingerprint density at radius 3 is 1.46 bits per heavy atom. The summed E-state index contributed by atoms with van der Waals surface area (Å²) in [4.78, 5) is 2.44. The average Bonchev–Trinajstić information content (AvgIpc) is 3.74. The molecular weight excluding hydrogens is 677 g/mol. The maximum atomic E-state index is 2.48. The Morgan fingerprint density at radius 1 is 0.375 bits per heavy atom. The van der Waals surface area contributed by atoms with Gasteiger partial charge in [0.15, 0.2) is 0 Å². The fraction of sp³-hybridized carbons (Fsp3) is 0.111. The smallest absolute Gasteiger partial charge is 0.0541 e.